The number of fused-ring (bicyclic) bond motifs is 1. The molecule has 0 saturated heterocycles. The second kappa shape index (κ2) is 8.48. The predicted molar refractivity (Wildman–Crippen MR) is 105 cm³/mol. The molecule has 3 amide bonds. The van der Waals surface area contributed by atoms with Crippen LogP contribution in [0.3, 0.4) is 0 Å². The number of benzene rings is 1. The number of carbonyl (C=O) groups is 3. The number of aromatic nitrogens is 2. The first-order valence-electron chi connectivity index (χ1n) is 9.83. The fraction of sp³-hybridized carbons (Fsp3) is 0.381. The molecule has 2 aromatic rings. The van der Waals surface area contributed by atoms with Crippen molar-refractivity contribution in [3.05, 3.63) is 47.8 Å². The van der Waals surface area contributed by atoms with E-state index in [2.05, 4.69) is 15.3 Å². The van der Waals surface area contributed by atoms with Crippen LogP contribution in [0.15, 0.2) is 36.7 Å². The van der Waals surface area contributed by atoms with Crippen LogP contribution in [-0.4, -0.2) is 58.4 Å². The van der Waals surface area contributed by atoms with Crippen molar-refractivity contribution in [3.8, 4) is 11.8 Å². The number of ether oxygens (including phenoxy) is 2. The van der Waals surface area contributed by atoms with Crippen LogP contribution >= 0.6 is 0 Å². The first kappa shape index (κ1) is 19.8. The molecule has 1 aromatic carbocycles. The third-order valence-corrected chi connectivity index (χ3v) is 5.32. The van der Waals surface area contributed by atoms with Gasteiger partial charge in [-0.3, -0.25) is 19.3 Å². The van der Waals surface area contributed by atoms with Crippen LogP contribution in [-0.2, 0) is 4.79 Å². The topological polar surface area (TPSA) is 111 Å². The molecule has 1 aromatic heterocycles. The third-order valence-electron chi connectivity index (χ3n) is 5.32. The first-order chi connectivity index (χ1) is 14.6. The lowest BCUT2D eigenvalue weighted by Gasteiger charge is -2.29. The van der Waals surface area contributed by atoms with E-state index in [1.807, 2.05) is 0 Å². The second-order valence-electron chi connectivity index (χ2n) is 7.27. The molecule has 1 N–H and O–H groups in total. The minimum atomic E-state index is -0.430. The molecule has 9 nitrogen and oxygen atoms in total. The molecule has 0 atom stereocenters. The van der Waals surface area contributed by atoms with Gasteiger partial charge < -0.3 is 14.8 Å². The quantitative estimate of drug-likeness (QED) is 0.720. The van der Waals surface area contributed by atoms with E-state index < -0.39 is 11.8 Å². The normalized spacial score (nSPS) is 20.6. The Bertz CT molecular complexity index is 936. The summed E-state index contributed by atoms with van der Waals surface area (Å²) in [6, 6.07) is 6.56. The van der Waals surface area contributed by atoms with Gasteiger partial charge in [0.15, 0.2) is 0 Å². The number of hydrogen-bond donors (Lipinski definition) is 1. The Kier molecular flexibility index (Phi) is 5.60. The van der Waals surface area contributed by atoms with E-state index in [4.69, 9.17) is 9.47 Å². The van der Waals surface area contributed by atoms with Gasteiger partial charge in [0.05, 0.1) is 18.2 Å². The monoisotopic (exact) mass is 410 g/mol. The lowest BCUT2D eigenvalue weighted by atomic mass is 9.93. The average Bonchev–Trinajstić information content (AvgIpc) is 3.00. The SMILES string of the molecule is COc1nccnc1OC1CCC(NC(=O)CN2C(=O)c3ccccc3C2=O)CC1. The summed E-state index contributed by atoms with van der Waals surface area (Å²) in [5.41, 5.74) is 0.680. The van der Waals surface area contributed by atoms with Gasteiger partial charge >= 0.3 is 0 Å². The van der Waals surface area contributed by atoms with Gasteiger partial charge in [-0.25, -0.2) is 9.97 Å². The largest absolute Gasteiger partial charge is 0.477 e. The molecule has 156 valence electrons. The van der Waals surface area contributed by atoms with Gasteiger partial charge in [-0.15, -0.1) is 0 Å². The molecular weight excluding hydrogens is 388 g/mol. The Balaban J connectivity index is 1.27. The summed E-state index contributed by atoms with van der Waals surface area (Å²) in [4.78, 5) is 46.4. The number of rotatable bonds is 6. The number of hydrogen-bond acceptors (Lipinski definition) is 7. The minimum absolute atomic E-state index is 0.0312. The Morgan fingerprint density at radius 1 is 1.03 bits per heavy atom. The van der Waals surface area contributed by atoms with Crippen LogP contribution in [0.1, 0.15) is 46.4 Å². The third kappa shape index (κ3) is 3.96. The number of amides is 3. The van der Waals surface area contributed by atoms with Crippen LogP contribution in [0, 0.1) is 0 Å². The first-order valence-corrected chi connectivity index (χ1v) is 9.83. The predicted octanol–water partition coefficient (Wildman–Crippen LogP) is 1.59. The summed E-state index contributed by atoms with van der Waals surface area (Å²) >= 11 is 0. The zero-order chi connectivity index (χ0) is 21.1. The van der Waals surface area contributed by atoms with Gasteiger partial charge in [-0.2, -0.15) is 0 Å². The zero-order valence-electron chi connectivity index (χ0n) is 16.5. The van der Waals surface area contributed by atoms with Gasteiger partial charge in [0, 0.05) is 18.4 Å². The van der Waals surface area contributed by atoms with Crippen LogP contribution < -0.4 is 14.8 Å². The summed E-state index contributed by atoms with van der Waals surface area (Å²) in [7, 11) is 1.51. The van der Waals surface area contributed by atoms with Gasteiger partial charge in [-0.1, -0.05) is 12.1 Å². The minimum Gasteiger partial charge on any atom is -0.477 e. The van der Waals surface area contributed by atoms with Crippen molar-refractivity contribution in [1.29, 1.82) is 0 Å². The van der Waals surface area contributed by atoms with Crippen LogP contribution in [0.4, 0.5) is 0 Å². The molecule has 9 heteroatoms. The van der Waals surface area contributed by atoms with Crippen LogP contribution in [0.25, 0.3) is 0 Å². The molecule has 1 aliphatic heterocycles. The highest BCUT2D eigenvalue weighted by atomic mass is 16.5. The smallest absolute Gasteiger partial charge is 0.278 e. The van der Waals surface area contributed by atoms with Gasteiger partial charge in [-0.05, 0) is 37.8 Å². The molecule has 2 aliphatic rings. The van der Waals surface area contributed by atoms with Crippen molar-refractivity contribution in [2.75, 3.05) is 13.7 Å². The Morgan fingerprint density at radius 3 is 2.23 bits per heavy atom. The lowest BCUT2D eigenvalue weighted by molar-refractivity contribution is -0.122. The molecule has 2 heterocycles. The van der Waals surface area contributed by atoms with E-state index in [0.29, 0.717) is 22.9 Å². The van der Waals surface area contributed by atoms with Crippen molar-refractivity contribution in [2.45, 2.75) is 37.8 Å². The Hall–Kier alpha value is -3.49. The highest BCUT2D eigenvalue weighted by Crippen LogP contribution is 2.27. The van der Waals surface area contributed by atoms with Crippen molar-refractivity contribution < 1.29 is 23.9 Å². The molecule has 1 fully saturated rings. The number of carbonyl (C=O) groups excluding carboxylic acids is 3. The van der Waals surface area contributed by atoms with Gasteiger partial charge in [0.25, 0.3) is 23.6 Å². The number of nitrogens with one attached hydrogen (secondary N) is 1. The number of imide groups is 1. The summed E-state index contributed by atoms with van der Waals surface area (Å²) in [5.74, 6) is -0.502. The maximum Gasteiger partial charge on any atom is 0.278 e. The second-order valence-corrected chi connectivity index (χ2v) is 7.27. The van der Waals surface area contributed by atoms with Crippen LogP contribution in [0.2, 0.25) is 0 Å². The van der Waals surface area contributed by atoms with Crippen molar-refractivity contribution in [2.24, 2.45) is 0 Å². The van der Waals surface area contributed by atoms with E-state index in [0.717, 1.165) is 30.6 Å². The molecule has 0 unspecified atom stereocenters. The van der Waals surface area contributed by atoms with Gasteiger partial charge in [0.1, 0.15) is 12.6 Å². The lowest BCUT2D eigenvalue weighted by Crippen LogP contribution is -2.45. The molecule has 30 heavy (non-hydrogen) atoms. The van der Waals surface area contributed by atoms with E-state index >= 15 is 0 Å². The molecule has 1 aliphatic carbocycles. The number of methoxy groups -OCH3 is 1. The van der Waals surface area contributed by atoms with Crippen molar-refractivity contribution in [1.82, 2.24) is 20.2 Å². The fourth-order valence-electron chi connectivity index (χ4n) is 3.82. The zero-order valence-corrected chi connectivity index (χ0v) is 16.5. The molecule has 4 rings (SSSR count). The molecule has 0 radical (unpaired) electrons. The summed E-state index contributed by atoms with van der Waals surface area (Å²) in [6.07, 6.45) is 5.95. The highest BCUT2D eigenvalue weighted by Gasteiger charge is 2.36. The van der Waals surface area contributed by atoms with E-state index in [1.165, 1.54) is 13.3 Å². The fourth-order valence-corrected chi connectivity index (χ4v) is 3.82. The summed E-state index contributed by atoms with van der Waals surface area (Å²) < 4.78 is 11.0. The molecule has 1 saturated carbocycles. The standard InChI is InChI=1S/C21H22N4O5/c1-29-18-19(23-11-10-22-18)30-14-8-6-13(7-9-14)24-17(26)12-25-20(27)15-4-2-3-5-16(15)21(25)28/h2-5,10-11,13-14H,6-9,12H2,1H3,(H,24,26). The van der Waals surface area contributed by atoms with E-state index in [-0.39, 0.29) is 24.6 Å². The molecule has 0 bridgehead atoms. The maximum absolute atomic E-state index is 12.4. The molecule has 0 spiro atoms. The van der Waals surface area contributed by atoms with E-state index in [9.17, 15) is 14.4 Å². The average molecular weight is 410 g/mol. The van der Waals surface area contributed by atoms with Crippen molar-refractivity contribution >= 4 is 17.7 Å². The van der Waals surface area contributed by atoms with Crippen molar-refractivity contribution in [3.63, 3.8) is 0 Å². The number of nitrogens with zero attached hydrogens (tertiary/aromatic N) is 3. The van der Waals surface area contributed by atoms with Gasteiger partial charge in [0.2, 0.25) is 5.91 Å². The Labute approximate surface area is 173 Å². The Morgan fingerprint density at radius 2 is 1.63 bits per heavy atom. The summed E-state index contributed by atoms with van der Waals surface area (Å²) in [6.45, 7) is -0.278. The maximum atomic E-state index is 12.4. The molecular formula is C21H22N4O5. The van der Waals surface area contributed by atoms with Crippen LogP contribution in [0.5, 0.6) is 11.8 Å². The highest BCUT2D eigenvalue weighted by molar-refractivity contribution is 6.22. The van der Waals surface area contributed by atoms with E-state index in [1.54, 1.807) is 30.5 Å². The summed E-state index contributed by atoms with van der Waals surface area (Å²) in [5, 5.41) is 2.93.